The zero-order valence-electron chi connectivity index (χ0n) is 12.8. The average molecular weight is 306 g/mol. The highest BCUT2D eigenvalue weighted by Crippen LogP contribution is 2.23. The monoisotopic (exact) mass is 306 g/mol. The molecule has 3 aromatic rings. The van der Waals surface area contributed by atoms with Crippen LogP contribution < -0.4 is 10.2 Å². The van der Waals surface area contributed by atoms with Gasteiger partial charge in [0, 0.05) is 25.3 Å². The molecular formula is C17H18N6. The minimum absolute atomic E-state index is 0.403. The van der Waals surface area contributed by atoms with Crippen LogP contribution in [0.1, 0.15) is 12.8 Å². The van der Waals surface area contributed by atoms with Gasteiger partial charge in [0.15, 0.2) is 5.82 Å². The van der Waals surface area contributed by atoms with Crippen molar-refractivity contribution >= 4 is 22.7 Å². The number of fused-ring (bicyclic) bond motifs is 1. The van der Waals surface area contributed by atoms with Crippen LogP contribution in [-0.4, -0.2) is 39.3 Å². The third kappa shape index (κ3) is 2.92. The molecule has 2 aromatic heterocycles. The Labute approximate surface area is 134 Å². The van der Waals surface area contributed by atoms with E-state index in [9.17, 15) is 0 Å². The van der Waals surface area contributed by atoms with Gasteiger partial charge in [0.25, 0.3) is 0 Å². The van der Waals surface area contributed by atoms with E-state index in [4.69, 9.17) is 0 Å². The average Bonchev–Trinajstić information content (AvgIpc) is 3.09. The lowest BCUT2D eigenvalue weighted by molar-refractivity contribution is 0.685. The summed E-state index contributed by atoms with van der Waals surface area (Å²) in [5, 5.41) is 11.6. The first-order chi connectivity index (χ1) is 11.4. The summed E-state index contributed by atoms with van der Waals surface area (Å²) < 4.78 is 0. The van der Waals surface area contributed by atoms with Crippen LogP contribution in [-0.2, 0) is 0 Å². The van der Waals surface area contributed by atoms with Crippen LogP contribution in [0.5, 0.6) is 0 Å². The van der Waals surface area contributed by atoms with Gasteiger partial charge >= 0.3 is 0 Å². The molecule has 1 N–H and O–H groups in total. The molecule has 6 nitrogen and oxygen atoms in total. The van der Waals surface area contributed by atoms with Gasteiger partial charge in [-0.1, -0.05) is 12.1 Å². The molecule has 1 aromatic carbocycles. The van der Waals surface area contributed by atoms with Crippen LogP contribution in [0, 0.1) is 0 Å². The lowest BCUT2D eigenvalue weighted by Gasteiger charge is -2.25. The summed E-state index contributed by atoms with van der Waals surface area (Å²) in [5.41, 5.74) is 1.83. The van der Waals surface area contributed by atoms with Crippen molar-refractivity contribution in [1.29, 1.82) is 0 Å². The van der Waals surface area contributed by atoms with E-state index in [1.165, 1.54) is 6.42 Å². The second-order valence-electron chi connectivity index (χ2n) is 5.70. The molecular weight excluding hydrogens is 288 g/mol. The van der Waals surface area contributed by atoms with Crippen LogP contribution in [0.4, 0.5) is 11.6 Å². The zero-order valence-corrected chi connectivity index (χ0v) is 12.8. The van der Waals surface area contributed by atoms with Crippen LogP contribution in [0.2, 0.25) is 0 Å². The van der Waals surface area contributed by atoms with Crippen molar-refractivity contribution in [2.75, 3.05) is 23.3 Å². The third-order valence-corrected chi connectivity index (χ3v) is 4.20. The van der Waals surface area contributed by atoms with Crippen molar-refractivity contribution in [3.05, 3.63) is 48.8 Å². The highest BCUT2D eigenvalue weighted by molar-refractivity contribution is 5.75. The molecule has 0 spiro atoms. The van der Waals surface area contributed by atoms with Gasteiger partial charge in [0.05, 0.1) is 17.2 Å². The fourth-order valence-corrected chi connectivity index (χ4v) is 3.06. The van der Waals surface area contributed by atoms with Gasteiger partial charge in [-0.15, -0.1) is 5.10 Å². The van der Waals surface area contributed by atoms with E-state index in [1.54, 1.807) is 12.4 Å². The van der Waals surface area contributed by atoms with Gasteiger partial charge in [-0.05, 0) is 37.1 Å². The van der Waals surface area contributed by atoms with Crippen LogP contribution in [0.15, 0.2) is 48.8 Å². The second-order valence-corrected chi connectivity index (χ2v) is 5.70. The summed E-state index contributed by atoms with van der Waals surface area (Å²) in [6.07, 6.45) is 5.82. The standard InChI is InChI=1S/C17H18N6/c1-2-7-15-14(6-1)18-12-16(21-15)19-11-13-5-4-10-23(13)17-8-3-9-20-22-17/h1-3,6-9,12-13H,4-5,10-11H2,(H,19,21)/t13-/m1/s1. The largest absolute Gasteiger partial charge is 0.367 e. The molecule has 23 heavy (non-hydrogen) atoms. The number of hydrogen-bond acceptors (Lipinski definition) is 6. The van der Waals surface area contributed by atoms with Crippen molar-refractivity contribution < 1.29 is 0 Å². The molecule has 0 aliphatic carbocycles. The van der Waals surface area contributed by atoms with E-state index in [-0.39, 0.29) is 0 Å². The number of nitrogens with one attached hydrogen (secondary N) is 1. The van der Waals surface area contributed by atoms with Crippen molar-refractivity contribution in [3.8, 4) is 0 Å². The first-order valence-electron chi connectivity index (χ1n) is 7.90. The summed E-state index contributed by atoms with van der Waals surface area (Å²) in [5.74, 6) is 1.76. The molecule has 116 valence electrons. The molecule has 0 radical (unpaired) electrons. The lowest BCUT2D eigenvalue weighted by atomic mass is 10.2. The topological polar surface area (TPSA) is 66.8 Å². The molecule has 1 fully saturated rings. The Morgan fingerprint density at radius 1 is 1.13 bits per heavy atom. The van der Waals surface area contributed by atoms with Gasteiger partial charge in [-0.2, -0.15) is 5.10 Å². The number of hydrogen-bond donors (Lipinski definition) is 1. The molecule has 1 saturated heterocycles. The van der Waals surface area contributed by atoms with Crippen LogP contribution in [0.25, 0.3) is 11.0 Å². The summed E-state index contributed by atoms with van der Waals surface area (Å²) in [7, 11) is 0. The Balaban J connectivity index is 1.47. The van der Waals surface area contributed by atoms with Crippen molar-refractivity contribution in [1.82, 2.24) is 20.2 Å². The van der Waals surface area contributed by atoms with Gasteiger partial charge in [0.1, 0.15) is 5.82 Å². The number of anilines is 2. The van der Waals surface area contributed by atoms with Crippen LogP contribution in [0.3, 0.4) is 0 Å². The maximum absolute atomic E-state index is 4.61. The number of rotatable bonds is 4. The number of aromatic nitrogens is 4. The van der Waals surface area contributed by atoms with Gasteiger partial charge < -0.3 is 10.2 Å². The maximum Gasteiger partial charge on any atom is 0.151 e. The summed E-state index contributed by atoms with van der Waals surface area (Å²) in [6.45, 7) is 1.85. The maximum atomic E-state index is 4.61. The minimum atomic E-state index is 0.403. The SMILES string of the molecule is c1cnnc(N2CCC[C@@H]2CNc2cnc3ccccc3n2)c1. The van der Waals surface area contributed by atoms with Crippen molar-refractivity contribution in [2.24, 2.45) is 0 Å². The molecule has 6 heteroatoms. The third-order valence-electron chi connectivity index (χ3n) is 4.20. The zero-order chi connectivity index (χ0) is 15.5. The second kappa shape index (κ2) is 6.16. The Morgan fingerprint density at radius 2 is 2.04 bits per heavy atom. The van der Waals surface area contributed by atoms with Gasteiger partial charge in [-0.3, -0.25) is 4.98 Å². The fraction of sp³-hybridized carbons (Fsp3) is 0.294. The predicted octanol–water partition coefficient (Wildman–Crippen LogP) is 2.50. The molecule has 0 bridgehead atoms. The predicted molar refractivity (Wildman–Crippen MR) is 90.4 cm³/mol. The highest BCUT2D eigenvalue weighted by atomic mass is 15.3. The van der Waals surface area contributed by atoms with Gasteiger partial charge in [-0.25, -0.2) is 4.98 Å². The first kappa shape index (κ1) is 13.9. The molecule has 3 heterocycles. The van der Waals surface area contributed by atoms with Crippen molar-refractivity contribution in [3.63, 3.8) is 0 Å². The Morgan fingerprint density at radius 3 is 2.91 bits per heavy atom. The van der Waals surface area contributed by atoms with E-state index in [0.29, 0.717) is 6.04 Å². The number of nitrogens with zero attached hydrogens (tertiary/aromatic N) is 5. The molecule has 0 amide bonds. The minimum Gasteiger partial charge on any atom is -0.367 e. The lowest BCUT2D eigenvalue weighted by Crippen LogP contribution is -2.35. The highest BCUT2D eigenvalue weighted by Gasteiger charge is 2.25. The van der Waals surface area contributed by atoms with E-state index >= 15 is 0 Å². The molecule has 4 rings (SSSR count). The Kier molecular flexibility index (Phi) is 3.71. The van der Waals surface area contributed by atoms with E-state index < -0.39 is 0 Å². The summed E-state index contributed by atoms with van der Waals surface area (Å²) in [4.78, 5) is 11.4. The van der Waals surface area contributed by atoms with Gasteiger partial charge in [0.2, 0.25) is 0 Å². The van der Waals surface area contributed by atoms with Crippen molar-refractivity contribution in [2.45, 2.75) is 18.9 Å². The summed E-state index contributed by atoms with van der Waals surface area (Å²) >= 11 is 0. The summed E-state index contributed by atoms with van der Waals surface area (Å²) in [6, 6.07) is 12.3. The fourth-order valence-electron chi connectivity index (χ4n) is 3.06. The molecule has 1 aliphatic heterocycles. The molecule has 0 saturated carbocycles. The normalized spacial score (nSPS) is 17.6. The number of benzene rings is 1. The van der Waals surface area contributed by atoms with Crippen LogP contribution >= 0.6 is 0 Å². The quantitative estimate of drug-likeness (QED) is 0.799. The first-order valence-corrected chi connectivity index (χ1v) is 7.90. The number of para-hydroxylation sites is 2. The Bertz CT molecular complexity index is 791. The molecule has 1 atom stereocenters. The molecule has 1 aliphatic rings. The molecule has 0 unspecified atom stereocenters. The van der Waals surface area contributed by atoms with E-state index in [2.05, 4.69) is 30.4 Å². The van der Waals surface area contributed by atoms with E-state index in [1.807, 2.05) is 36.4 Å². The smallest absolute Gasteiger partial charge is 0.151 e. The van der Waals surface area contributed by atoms with E-state index in [0.717, 1.165) is 42.2 Å². The Hall–Kier alpha value is -2.76.